The lowest BCUT2D eigenvalue weighted by molar-refractivity contribution is 0.709. The molecule has 0 heterocycles. The number of hydrogen-bond acceptors (Lipinski definition) is 0. The molecule has 0 unspecified atom stereocenters. The molecule has 0 aliphatic carbocycles. The van der Waals surface area contributed by atoms with E-state index in [-0.39, 0.29) is 0 Å². The van der Waals surface area contributed by atoms with Crippen LogP contribution in [0.3, 0.4) is 0 Å². The smallest absolute Gasteiger partial charge is 0.0365 e. The Morgan fingerprint density at radius 2 is 1.06 bits per heavy atom. The highest BCUT2D eigenvalue weighted by atomic mass is 14.2. The van der Waals surface area contributed by atoms with Crippen molar-refractivity contribution in [2.24, 2.45) is 5.92 Å². The van der Waals surface area contributed by atoms with Crippen molar-refractivity contribution in [2.45, 2.75) is 13.8 Å². The highest BCUT2D eigenvalue weighted by molar-refractivity contribution is 5.46. The van der Waals surface area contributed by atoms with Crippen LogP contribution in [0, 0.1) is 11.8 Å². The maximum absolute atomic E-state index is 2.25. The van der Waals surface area contributed by atoms with Crippen LogP contribution in [0.25, 0.3) is 0 Å². The molecule has 0 saturated heterocycles. The zero-order valence-electron chi connectivity index (χ0n) is 9.85. The molecule has 2 aromatic carbocycles. The topological polar surface area (TPSA) is 0 Å². The Morgan fingerprint density at radius 1 is 0.688 bits per heavy atom. The molecular weight excluding hydrogens is 192 g/mol. The van der Waals surface area contributed by atoms with Crippen molar-refractivity contribution in [1.29, 1.82) is 0 Å². The summed E-state index contributed by atoms with van der Waals surface area (Å²) in [4.78, 5) is 0. The Balaban J connectivity index is 2.40. The van der Waals surface area contributed by atoms with Crippen LogP contribution in [-0.2, 0) is 0 Å². The maximum atomic E-state index is 2.25. The van der Waals surface area contributed by atoms with E-state index >= 15 is 0 Å². The average Bonchev–Trinajstić information content (AvgIpc) is 2.31. The number of benzene rings is 2. The molecule has 0 heteroatoms. The fourth-order valence-corrected chi connectivity index (χ4v) is 2.07. The van der Waals surface area contributed by atoms with Gasteiger partial charge in [-0.1, -0.05) is 74.5 Å². The molecule has 0 aliphatic rings. The standard InChI is InChI=1S/C16H17/c1-13(2)16(14-9-5-3-6-10-14)15-11-7-4-8-12-15/h3-13H,1-2H3. The van der Waals surface area contributed by atoms with Crippen molar-refractivity contribution in [3.63, 3.8) is 0 Å². The zero-order chi connectivity index (χ0) is 11.4. The number of hydrogen-bond donors (Lipinski definition) is 0. The molecule has 0 fully saturated rings. The first-order valence-electron chi connectivity index (χ1n) is 5.76. The molecule has 0 nitrogen and oxygen atoms in total. The summed E-state index contributed by atoms with van der Waals surface area (Å²) in [7, 11) is 0. The molecule has 0 N–H and O–H groups in total. The van der Waals surface area contributed by atoms with Crippen LogP contribution in [0.1, 0.15) is 25.0 Å². The van der Waals surface area contributed by atoms with Gasteiger partial charge in [0.25, 0.3) is 0 Å². The van der Waals surface area contributed by atoms with Crippen LogP contribution >= 0.6 is 0 Å². The molecule has 0 bridgehead atoms. The van der Waals surface area contributed by atoms with Crippen LogP contribution in [0.15, 0.2) is 60.7 Å². The molecule has 0 aromatic heterocycles. The monoisotopic (exact) mass is 209 g/mol. The molecule has 2 rings (SSSR count). The third kappa shape index (κ3) is 2.33. The maximum Gasteiger partial charge on any atom is 0.0365 e. The van der Waals surface area contributed by atoms with Crippen molar-refractivity contribution in [3.8, 4) is 0 Å². The van der Waals surface area contributed by atoms with Crippen molar-refractivity contribution < 1.29 is 0 Å². The van der Waals surface area contributed by atoms with E-state index in [1.54, 1.807) is 0 Å². The highest BCUT2D eigenvalue weighted by Crippen LogP contribution is 2.30. The van der Waals surface area contributed by atoms with E-state index in [0.717, 1.165) is 0 Å². The molecule has 0 saturated carbocycles. The third-order valence-corrected chi connectivity index (χ3v) is 2.75. The lowest BCUT2D eigenvalue weighted by Gasteiger charge is -2.21. The summed E-state index contributed by atoms with van der Waals surface area (Å²) in [5.41, 5.74) is 2.65. The Kier molecular flexibility index (Phi) is 3.40. The van der Waals surface area contributed by atoms with E-state index in [1.165, 1.54) is 17.0 Å². The molecule has 2 aromatic rings. The first kappa shape index (κ1) is 10.9. The Labute approximate surface area is 97.9 Å². The molecule has 0 atom stereocenters. The summed E-state index contributed by atoms with van der Waals surface area (Å²) in [5, 5.41) is 0. The van der Waals surface area contributed by atoms with Gasteiger partial charge in [-0.15, -0.1) is 0 Å². The summed E-state index contributed by atoms with van der Waals surface area (Å²) in [5.74, 6) is 1.95. The largest absolute Gasteiger partial charge is 0.0622 e. The normalized spacial score (nSPS) is 11.0. The van der Waals surface area contributed by atoms with Gasteiger partial charge in [-0.25, -0.2) is 0 Å². The summed E-state index contributed by atoms with van der Waals surface area (Å²) >= 11 is 0. The van der Waals surface area contributed by atoms with Crippen LogP contribution in [0.2, 0.25) is 0 Å². The minimum Gasteiger partial charge on any atom is -0.0622 e. The highest BCUT2D eigenvalue weighted by Gasteiger charge is 2.17. The van der Waals surface area contributed by atoms with Crippen LogP contribution in [-0.4, -0.2) is 0 Å². The average molecular weight is 209 g/mol. The minimum absolute atomic E-state index is 0.532. The van der Waals surface area contributed by atoms with Gasteiger partial charge >= 0.3 is 0 Å². The molecule has 81 valence electrons. The van der Waals surface area contributed by atoms with Gasteiger partial charge in [-0.3, -0.25) is 0 Å². The first-order chi connectivity index (χ1) is 7.79. The second-order valence-corrected chi connectivity index (χ2v) is 4.30. The molecular formula is C16H17. The molecule has 1 radical (unpaired) electrons. The molecule has 0 amide bonds. The van der Waals surface area contributed by atoms with Crippen LogP contribution in [0.4, 0.5) is 0 Å². The second-order valence-electron chi connectivity index (χ2n) is 4.30. The molecule has 0 spiro atoms. The van der Waals surface area contributed by atoms with E-state index < -0.39 is 0 Å². The summed E-state index contributed by atoms with van der Waals surface area (Å²) < 4.78 is 0. The van der Waals surface area contributed by atoms with Gasteiger partial charge < -0.3 is 0 Å². The predicted molar refractivity (Wildman–Crippen MR) is 69.2 cm³/mol. The summed E-state index contributed by atoms with van der Waals surface area (Å²) in [6, 6.07) is 21.2. The minimum atomic E-state index is 0.532. The fourth-order valence-electron chi connectivity index (χ4n) is 2.07. The summed E-state index contributed by atoms with van der Waals surface area (Å²) in [6.07, 6.45) is 0. The van der Waals surface area contributed by atoms with Crippen molar-refractivity contribution >= 4 is 0 Å². The summed E-state index contributed by atoms with van der Waals surface area (Å²) in [6.45, 7) is 4.49. The third-order valence-electron chi connectivity index (χ3n) is 2.75. The predicted octanol–water partition coefficient (Wildman–Crippen LogP) is 4.31. The van der Waals surface area contributed by atoms with Crippen LogP contribution < -0.4 is 0 Å². The fraction of sp³-hybridized carbons (Fsp3) is 0.188. The van der Waals surface area contributed by atoms with Gasteiger partial charge in [-0.05, 0) is 17.0 Å². The van der Waals surface area contributed by atoms with E-state index in [0.29, 0.717) is 5.92 Å². The van der Waals surface area contributed by atoms with E-state index in [1.807, 2.05) is 0 Å². The lowest BCUT2D eigenvalue weighted by Crippen LogP contribution is -2.09. The van der Waals surface area contributed by atoms with E-state index in [9.17, 15) is 0 Å². The molecule has 16 heavy (non-hydrogen) atoms. The van der Waals surface area contributed by atoms with E-state index in [4.69, 9.17) is 0 Å². The lowest BCUT2D eigenvalue weighted by atomic mass is 9.83. The Hall–Kier alpha value is -1.56. The van der Waals surface area contributed by atoms with Gasteiger partial charge in [0.2, 0.25) is 0 Å². The molecule has 0 aliphatic heterocycles. The van der Waals surface area contributed by atoms with Gasteiger partial charge in [0.15, 0.2) is 0 Å². The van der Waals surface area contributed by atoms with Crippen molar-refractivity contribution in [3.05, 3.63) is 77.7 Å². The van der Waals surface area contributed by atoms with Gasteiger partial charge in [0.05, 0.1) is 0 Å². The Bertz CT molecular complexity index is 375. The number of rotatable bonds is 3. The van der Waals surface area contributed by atoms with Gasteiger partial charge in [-0.2, -0.15) is 0 Å². The first-order valence-corrected chi connectivity index (χ1v) is 5.76. The quantitative estimate of drug-likeness (QED) is 0.706. The van der Waals surface area contributed by atoms with Crippen molar-refractivity contribution in [1.82, 2.24) is 0 Å². The van der Waals surface area contributed by atoms with Crippen LogP contribution in [0.5, 0.6) is 0 Å². The zero-order valence-corrected chi connectivity index (χ0v) is 9.85. The van der Waals surface area contributed by atoms with Gasteiger partial charge in [0, 0.05) is 5.92 Å². The van der Waals surface area contributed by atoms with Gasteiger partial charge in [0.1, 0.15) is 0 Å². The Morgan fingerprint density at radius 3 is 1.38 bits per heavy atom. The van der Waals surface area contributed by atoms with Crippen molar-refractivity contribution in [2.75, 3.05) is 0 Å². The van der Waals surface area contributed by atoms with E-state index in [2.05, 4.69) is 74.5 Å². The second kappa shape index (κ2) is 4.98. The SMILES string of the molecule is CC(C)[C](c1ccccc1)c1ccccc1.